The van der Waals surface area contributed by atoms with Crippen molar-refractivity contribution in [2.24, 2.45) is 5.92 Å². The molecular formula is C18H25N5O2. The van der Waals surface area contributed by atoms with Crippen LogP contribution >= 0.6 is 0 Å². The molecule has 134 valence electrons. The van der Waals surface area contributed by atoms with Crippen LogP contribution in [0.15, 0.2) is 18.3 Å². The fraction of sp³-hybridized carbons (Fsp3) is 0.556. The summed E-state index contributed by atoms with van der Waals surface area (Å²) >= 11 is 0. The van der Waals surface area contributed by atoms with Crippen LogP contribution in [0.2, 0.25) is 0 Å². The van der Waals surface area contributed by atoms with Crippen LogP contribution < -0.4 is 10.1 Å². The van der Waals surface area contributed by atoms with E-state index in [4.69, 9.17) is 4.74 Å². The van der Waals surface area contributed by atoms with Crippen LogP contribution in [0.1, 0.15) is 49.2 Å². The van der Waals surface area contributed by atoms with Gasteiger partial charge in [-0.3, -0.25) is 4.79 Å². The summed E-state index contributed by atoms with van der Waals surface area (Å²) in [5, 5.41) is 11.5. The second-order valence-electron chi connectivity index (χ2n) is 6.80. The van der Waals surface area contributed by atoms with Crippen molar-refractivity contribution in [3.8, 4) is 5.88 Å². The lowest BCUT2D eigenvalue weighted by Crippen LogP contribution is -2.41. The lowest BCUT2D eigenvalue weighted by Gasteiger charge is -2.25. The first-order valence-electron chi connectivity index (χ1n) is 8.87. The first-order valence-corrected chi connectivity index (χ1v) is 8.87. The molecule has 0 saturated heterocycles. The van der Waals surface area contributed by atoms with Crippen molar-refractivity contribution in [3.63, 3.8) is 0 Å². The zero-order valence-corrected chi connectivity index (χ0v) is 15.0. The molecule has 7 nitrogen and oxygen atoms in total. The fourth-order valence-corrected chi connectivity index (χ4v) is 2.88. The van der Waals surface area contributed by atoms with Crippen molar-refractivity contribution in [1.82, 2.24) is 25.1 Å². The number of aromatic nitrogens is 4. The molecule has 7 heteroatoms. The van der Waals surface area contributed by atoms with Gasteiger partial charge in [0.1, 0.15) is 11.6 Å². The van der Waals surface area contributed by atoms with E-state index in [-0.39, 0.29) is 11.9 Å². The number of hydrogen-bond donors (Lipinski definition) is 1. The van der Waals surface area contributed by atoms with Crippen LogP contribution in [-0.4, -0.2) is 38.3 Å². The lowest BCUT2D eigenvalue weighted by molar-refractivity contribution is 0.0926. The Labute approximate surface area is 147 Å². The maximum Gasteiger partial charge on any atom is 0.253 e. The Morgan fingerprint density at radius 1 is 1.40 bits per heavy atom. The summed E-state index contributed by atoms with van der Waals surface area (Å²) in [5.41, 5.74) is 0.544. The molecule has 25 heavy (non-hydrogen) atoms. The molecule has 0 spiro atoms. The van der Waals surface area contributed by atoms with Gasteiger partial charge < -0.3 is 14.6 Å². The summed E-state index contributed by atoms with van der Waals surface area (Å²) in [7, 11) is 0. The van der Waals surface area contributed by atoms with E-state index in [2.05, 4.69) is 45.8 Å². The maximum absolute atomic E-state index is 12.5. The standard InChI is InChI=1S/C18H25N5O2/c1-4-15-21-22-16-7-6-14(10-23(15)16)20-18(24)13-5-8-17(19-9-13)25-11-12(2)3/h5,8-9,12,14H,4,6-7,10-11H2,1-3H3,(H,20,24)/t14-/m0/s1. The number of hydrogen-bond acceptors (Lipinski definition) is 5. The van der Waals surface area contributed by atoms with Crippen molar-refractivity contribution >= 4 is 5.91 Å². The highest BCUT2D eigenvalue weighted by atomic mass is 16.5. The number of fused-ring (bicyclic) bond motifs is 1. The van der Waals surface area contributed by atoms with Gasteiger partial charge in [0.15, 0.2) is 0 Å². The number of pyridine rings is 1. The van der Waals surface area contributed by atoms with E-state index in [9.17, 15) is 4.79 Å². The van der Waals surface area contributed by atoms with Gasteiger partial charge in [0.25, 0.3) is 5.91 Å². The third kappa shape index (κ3) is 4.15. The molecule has 1 amide bonds. The predicted octanol–water partition coefficient (Wildman–Crippen LogP) is 2.02. The van der Waals surface area contributed by atoms with E-state index in [0.29, 0.717) is 24.0 Å². The highest BCUT2D eigenvalue weighted by Gasteiger charge is 2.23. The monoisotopic (exact) mass is 343 g/mol. The van der Waals surface area contributed by atoms with Crippen LogP contribution in [0.25, 0.3) is 0 Å². The molecule has 0 saturated carbocycles. The van der Waals surface area contributed by atoms with Gasteiger partial charge >= 0.3 is 0 Å². The Kier molecular flexibility index (Phi) is 5.31. The van der Waals surface area contributed by atoms with Gasteiger partial charge in [0.05, 0.1) is 12.2 Å². The summed E-state index contributed by atoms with van der Waals surface area (Å²) in [4.78, 5) is 16.7. The van der Waals surface area contributed by atoms with Crippen molar-refractivity contribution < 1.29 is 9.53 Å². The van der Waals surface area contributed by atoms with E-state index in [1.54, 1.807) is 18.3 Å². The summed E-state index contributed by atoms with van der Waals surface area (Å²) in [6, 6.07) is 3.58. The molecule has 1 N–H and O–H groups in total. The summed E-state index contributed by atoms with van der Waals surface area (Å²) < 4.78 is 7.67. The van der Waals surface area contributed by atoms with Crippen LogP contribution in [0, 0.1) is 5.92 Å². The molecule has 3 rings (SSSR count). The zero-order chi connectivity index (χ0) is 17.8. The quantitative estimate of drug-likeness (QED) is 0.868. The Hall–Kier alpha value is -2.44. The third-order valence-electron chi connectivity index (χ3n) is 4.24. The van der Waals surface area contributed by atoms with Crippen LogP contribution in [-0.2, 0) is 19.4 Å². The summed E-state index contributed by atoms with van der Waals surface area (Å²) in [6.45, 7) is 7.56. The molecule has 2 aromatic rings. The van der Waals surface area contributed by atoms with Gasteiger partial charge in [-0.1, -0.05) is 20.8 Å². The second kappa shape index (κ2) is 7.63. The molecule has 0 fully saturated rings. The van der Waals surface area contributed by atoms with Crippen molar-refractivity contribution in [1.29, 1.82) is 0 Å². The SMILES string of the molecule is CCc1nnc2n1C[C@@H](NC(=O)c1ccc(OCC(C)C)nc1)CC2. The summed E-state index contributed by atoms with van der Waals surface area (Å²) in [6.07, 6.45) is 4.11. The second-order valence-corrected chi connectivity index (χ2v) is 6.80. The van der Waals surface area contributed by atoms with E-state index in [0.717, 1.165) is 37.5 Å². The van der Waals surface area contributed by atoms with Crippen LogP contribution in [0.3, 0.4) is 0 Å². The number of rotatable bonds is 6. The topological polar surface area (TPSA) is 81.9 Å². The molecule has 1 aliphatic rings. The van der Waals surface area contributed by atoms with E-state index >= 15 is 0 Å². The fourth-order valence-electron chi connectivity index (χ4n) is 2.88. The highest BCUT2D eigenvalue weighted by Crippen LogP contribution is 2.16. The minimum absolute atomic E-state index is 0.0816. The first kappa shape index (κ1) is 17.4. The van der Waals surface area contributed by atoms with Crippen LogP contribution in [0.5, 0.6) is 5.88 Å². The minimum Gasteiger partial charge on any atom is -0.477 e. The number of amides is 1. The maximum atomic E-state index is 12.5. The van der Waals surface area contributed by atoms with E-state index in [1.807, 2.05) is 0 Å². The third-order valence-corrected chi connectivity index (χ3v) is 4.24. The number of carbonyl (C=O) groups excluding carboxylic acids is 1. The van der Waals surface area contributed by atoms with E-state index < -0.39 is 0 Å². The molecule has 0 aliphatic carbocycles. The zero-order valence-electron chi connectivity index (χ0n) is 15.0. The van der Waals surface area contributed by atoms with Gasteiger partial charge in [0, 0.05) is 37.7 Å². The molecule has 0 radical (unpaired) electrons. The lowest BCUT2D eigenvalue weighted by atomic mass is 10.1. The molecular weight excluding hydrogens is 318 g/mol. The predicted molar refractivity (Wildman–Crippen MR) is 93.5 cm³/mol. The Morgan fingerprint density at radius 3 is 2.92 bits per heavy atom. The Bertz CT molecular complexity index is 710. The summed E-state index contributed by atoms with van der Waals surface area (Å²) in [5.74, 6) is 2.86. The average Bonchev–Trinajstić information content (AvgIpc) is 3.02. The van der Waals surface area contributed by atoms with Crippen molar-refractivity contribution in [3.05, 3.63) is 35.5 Å². The smallest absolute Gasteiger partial charge is 0.253 e. The normalized spacial score (nSPS) is 16.6. The minimum atomic E-state index is -0.109. The van der Waals surface area contributed by atoms with Crippen LogP contribution in [0.4, 0.5) is 0 Å². The number of nitrogens with zero attached hydrogens (tertiary/aromatic N) is 4. The molecule has 0 aromatic carbocycles. The van der Waals surface area contributed by atoms with Gasteiger partial charge in [-0.05, 0) is 18.4 Å². The molecule has 0 bridgehead atoms. The molecule has 3 heterocycles. The number of aryl methyl sites for hydroxylation is 2. The van der Waals surface area contributed by atoms with Crippen molar-refractivity contribution in [2.75, 3.05) is 6.61 Å². The number of carbonyl (C=O) groups is 1. The van der Waals surface area contributed by atoms with Gasteiger partial charge in [-0.25, -0.2) is 4.98 Å². The number of ether oxygens (including phenoxy) is 1. The largest absolute Gasteiger partial charge is 0.477 e. The van der Waals surface area contributed by atoms with Gasteiger partial charge in [-0.15, -0.1) is 10.2 Å². The molecule has 1 atom stereocenters. The Morgan fingerprint density at radius 2 is 2.24 bits per heavy atom. The number of nitrogens with one attached hydrogen (secondary N) is 1. The first-order chi connectivity index (χ1) is 12.1. The van der Waals surface area contributed by atoms with Gasteiger partial charge in [-0.2, -0.15) is 0 Å². The molecule has 0 unspecified atom stereocenters. The Balaban J connectivity index is 1.59. The highest BCUT2D eigenvalue weighted by molar-refractivity contribution is 5.94. The molecule has 1 aliphatic heterocycles. The average molecular weight is 343 g/mol. The van der Waals surface area contributed by atoms with Crippen molar-refractivity contribution in [2.45, 2.75) is 52.6 Å². The van der Waals surface area contributed by atoms with E-state index in [1.165, 1.54) is 0 Å². The van der Waals surface area contributed by atoms with Gasteiger partial charge in [0.2, 0.25) is 5.88 Å². The molecule has 2 aromatic heterocycles.